The zero-order chi connectivity index (χ0) is 13.7. The third-order valence-electron chi connectivity index (χ3n) is 3.16. The summed E-state index contributed by atoms with van der Waals surface area (Å²) in [6, 6.07) is -0.349. The molecule has 1 aliphatic heterocycles. The van der Waals surface area contributed by atoms with Gasteiger partial charge in [0.2, 0.25) is 11.8 Å². The molecule has 1 rings (SSSR count). The maximum Gasteiger partial charge on any atom is 0.305 e. The molecule has 1 atom stereocenters. The largest absolute Gasteiger partial charge is 0.481 e. The number of aliphatic carboxylic acids is 1. The molecule has 6 nitrogen and oxygen atoms in total. The zero-order valence-corrected chi connectivity index (χ0v) is 10.9. The van der Waals surface area contributed by atoms with Crippen LogP contribution in [-0.4, -0.2) is 58.4 Å². The number of rotatable bonds is 6. The highest BCUT2D eigenvalue weighted by molar-refractivity contribution is 5.86. The first-order valence-electron chi connectivity index (χ1n) is 6.24. The molecule has 0 aromatic carbocycles. The summed E-state index contributed by atoms with van der Waals surface area (Å²) in [6.45, 7) is 4.66. The number of carbonyl (C=O) groups excluding carboxylic acids is 2. The van der Waals surface area contributed by atoms with Gasteiger partial charge in [0, 0.05) is 25.6 Å². The van der Waals surface area contributed by atoms with Crippen molar-refractivity contribution in [3.8, 4) is 0 Å². The van der Waals surface area contributed by atoms with Crippen molar-refractivity contribution in [1.29, 1.82) is 0 Å². The van der Waals surface area contributed by atoms with Gasteiger partial charge in [0.05, 0.1) is 13.0 Å². The molecule has 18 heavy (non-hydrogen) atoms. The lowest BCUT2D eigenvalue weighted by Gasteiger charge is -2.29. The van der Waals surface area contributed by atoms with E-state index in [0.29, 0.717) is 19.5 Å². The van der Waals surface area contributed by atoms with Crippen LogP contribution in [0.4, 0.5) is 0 Å². The minimum atomic E-state index is -0.925. The van der Waals surface area contributed by atoms with Gasteiger partial charge in [0.25, 0.3) is 0 Å². The van der Waals surface area contributed by atoms with Crippen LogP contribution >= 0.6 is 0 Å². The molecule has 1 N–H and O–H groups in total. The van der Waals surface area contributed by atoms with Crippen LogP contribution in [0.3, 0.4) is 0 Å². The van der Waals surface area contributed by atoms with Crippen LogP contribution in [0.25, 0.3) is 0 Å². The SMILES string of the molecule is CCN(C(=O)CN1CCCC1=O)C(C)CC(=O)O. The van der Waals surface area contributed by atoms with Crippen molar-refractivity contribution in [2.45, 2.75) is 39.2 Å². The first-order chi connectivity index (χ1) is 8.45. The van der Waals surface area contributed by atoms with Gasteiger partial charge in [-0.15, -0.1) is 0 Å². The van der Waals surface area contributed by atoms with E-state index in [1.54, 1.807) is 11.8 Å². The molecule has 0 aliphatic carbocycles. The molecule has 1 aliphatic rings. The van der Waals surface area contributed by atoms with E-state index in [0.717, 1.165) is 6.42 Å². The lowest BCUT2D eigenvalue weighted by atomic mass is 10.2. The van der Waals surface area contributed by atoms with E-state index in [1.165, 1.54) is 4.90 Å². The van der Waals surface area contributed by atoms with Crippen molar-refractivity contribution < 1.29 is 19.5 Å². The first-order valence-corrected chi connectivity index (χ1v) is 6.24. The van der Waals surface area contributed by atoms with Crippen molar-refractivity contribution in [3.05, 3.63) is 0 Å². The number of hydrogen-bond donors (Lipinski definition) is 1. The van der Waals surface area contributed by atoms with Gasteiger partial charge in [-0.1, -0.05) is 0 Å². The summed E-state index contributed by atoms with van der Waals surface area (Å²) in [7, 11) is 0. The van der Waals surface area contributed by atoms with Crippen LogP contribution in [0.15, 0.2) is 0 Å². The minimum Gasteiger partial charge on any atom is -0.481 e. The maximum absolute atomic E-state index is 12.0. The third-order valence-corrected chi connectivity index (χ3v) is 3.16. The van der Waals surface area contributed by atoms with Crippen LogP contribution in [0, 0.1) is 0 Å². The van der Waals surface area contributed by atoms with E-state index in [4.69, 9.17) is 5.11 Å². The predicted molar refractivity (Wildman–Crippen MR) is 64.9 cm³/mol. The third kappa shape index (κ3) is 3.72. The molecule has 1 heterocycles. The number of carbonyl (C=O) groups is 3. The summed E-state index contributed by atoms with van der Waals surface area (Å²) in [5.74, 6) is -1.10. The fourth-order valence-corrected chi connectivity index (χ4v) is 2.22. The van der Waals surface area contributed by atoms with Crippen molar-refractivity contribution >= 4 is 17.8 Å². The highest BCUT2D eigenvalue weighted by Crippen LogP contribution is 2.11. The van der Waals surface area contributed by atoms with E-state index in [2.05, 4.69) is 0 Å². The highest BCUT2D eigenvalue weighted by atomic mass is 16.4. The van der Waals surface area contributed by atoms with Crippen LogP contribution < -0.4 is 0 Å². The molecular weight excluding hydrogens is 236 g/mol. The fourth-order valence-electron chi connectivity index (χ4n) is 2.22. The van der Waals surface area contributed by atoms with Crippen molar-refractivity contribution in [2.24, 2.45) is 0 Å². The number of amides is 2. The fraction of sp³-hybridized carbons (Fsp3) is 0.750. The Kier molecular flexibility index (Phi) is 5.12. The van der Waals surface area contributed by atoms with Crippen LogP contribution in [0.5, 0.6) is 0 Å². The summed E-state index contributed by atoms with van der Waals surface area (Å²) < 4.78 is 0. The molecule has 0 radical (unpaired) electrons. The van der Waals surface area contributed by atoms with Crippen molar-refractivity contribution in [3.63, 3.8) is 0 Å². The molecule has 0 bridgehead atoms. The topological polar surface area (TPSA) is 77.9 Å². The standard InChI is InChI=1S/C12H20N2O4/c1-3-14(9(2)7-12(17)18)11(16)8-13-6-4-5-10(13)15/h9H,3-8H2,1-2H3,(H,17,18). The van der Waals surface area contributed by atoms with E-state index >= 15 is 0 Å². The summed E-state index contributed by atoms with van der Waals surface area (Å²) in [5, 5.41) is 8.73. The molecule has 0 saturated carbocycles. The molecule has 1 fully saturated rings. The number of hydrogen-bond acceptors (Lipinski definition) is 3. The van der Waals surface area contributed by atoms with Gasteiger partial charge in [-0.25, -0.2) is 0 Å². The Balaban J connectivity index is 2.56. The Morgan fingerprint density at radius 3 is 2.61 bits per heavy atom. The summed E-state index contributed by atoms with van der Waals surface area (Å²) >= 11 is 0. The van der Waals surface area contributed by atoms with Gasteiger partial charge in [-0.3, -0.25) is 14.4 Å². The predicted octanol–water partition coefficient (Wildman–Crippen LogP) is 0.320. The van der Waals surface area contributed by atoms with E-state index < -0.39 is 5.97 Å². The van der Waals surface area contributed by atoms with Crippen LogP contribution in [-0.2, 0) is 14.4 Å². The molecule has 6 heteroatoms. The first kappa shape index (κ1) is 14.5. The second-order valence-corrected chi connectivity index (χ2v) is 4.55. The van der Waals surface area contributed by atoms with Gasteiger partial charge in [-0.2, -0.15) is 0 Å². The van der Waals surface area contributed by atoms with Crippen molar-refractivity contribution in [2.75, 3.05) is 19.6 Å². The quantitative estimate of drug-likeness (QED) is 0.742. The number of likely N-dealkylation sites (N-methyl/N-ethyl adjacent to an activating group) is 1. The average Bonchev–Trinajstić information content (AvgIpc) is 2.64. The van der Waals surface area contributed by atoms with Crippen LogP contribution in [0.1, 0.15) is 33.1 Å². The molecule has 0 spiro atoms. The summed E-state index contributed by atoms with van der Waals surface area (Å²) in [4.78, 5) is 37.2. The zero-order valence-electron chi connectivity index (χ0n) is 10.9. The smallest absolute Gasteiger partial charge is 0.305 e. The molecule has 1 saturated heterocycles. The Morgan fingerprint density at radius 1 is 1.50 bits per heavy atom. The van der Waals surface area contributed by atoms with Crippen molar-refractivity contribution in [1.82, 2.24) is 9.80 Å². The normalized spacial score (nSPS) is 16.8. The summed E-state index contributed by atoms with van der Waals surface area (Å²) in [6.07, 6.45) is 1.22. The molecule has 0 aromatic heterocycles. The monoisotopic (exact) mass is 256 g/mol. The molecule has 0 aromatic rings. The lowest BCUT2D eigenvalue weighted by molar-refractivity contribution is -0.143. The van der Waals surface area contributed by atoms with Crippen LogP contribution in [0.2, 0.25) is 0 Å². The van der Waals surface area contributed by atoms with E-state index in [-0.39, 0.29) is 30.8 Å². The molecule has 2 amide bonds. The van der Waals surface area contributed by atoms with Gasteiger partial charge < -0.3 is 14.9 Å². The second-order valence-electron chi connectivity index (χ2n) is 4.55. The van der Waals surface area contributed by atoms with E-state index in [1.807, 2.05) is 6.92 Å². The van der Waals surface area contributed by atoms with Gasteiger partial charge in [0.1, 0.15) is 0 Å². The second kappa shape index (κ2) is 6.37. The lowest BCUT2D eigenvalue weighted by Crippen LogP contribution is -2.45. The maximum atomic E-state index is 12.0. The number of nitrogens with zero attached hydrogens (tertiary/aromatic N) is 2. The van der Waals surface area contributed by atoms with E-state index in [9.17, 15) is 14.4 Å². The molecule has 102 valence electrons. The van der Waals surface area contributed by atoms with Gasteiger partial charge in [0.15, 0.2) is 0 Å². The average molecular weight is 256 g/mol. The number of likely N-dealkylation sites (tertiary alicyclic amines) is 1. The minimum absolute atomic E-state index is 0.00490. The Labute approximate surface area is 107 Å². The van der Waals surface area contributed by atoms with Gasteiger partial charge in [-0.05, 0) is 20.3 Å². The Morgan fingerprint density at radius 2 is 2.17 bits per heavy atom. The Bertz CT molecular complexity index is 343. The molecule has 1 unspecified atom stereocenters. The molecular formula is C12H20N2O4. The Hall–Kier alpha value is -1.59. The number of carboxylic acid groups (broad SMARTS) is 1. The highest BCUT2D eigenvalue weighted by Gasteiger charge is 2.26. The van der Waals surface area contributed by atoms with Gasteiger partial charge >= 0.3 is 5.97 Å². The summed E-state index contributed by atoms with van der Waals surface area (Å²) in [5.41, 5.74) is 0. The number of carboxylic acids is 1.